The summed E-state index contributed by atoms with van der Waals surface area (Å²) in [5.41, 5.74) is 0.998. The van der Waals surface area contributed by atoms with Gasteiger partial charge in [0.1, 0.15) is 18.1 Å². The van der Waals surface area contributed by atoms with E-state index in [9.17, 15) is 18.8 Å². The van der Waals surface area contributed by atoms with Crippen LogP contribution in [0.1, 0.15) is 35.7 Å². The SMILES string of the molecule is CCCCOc1ccc(C(=O)NCC(=O)OCC(=O)N(C)Cc2cccc(F)c2)cc1. The average Bonchev–Trinajstić information content (AvgIpc) is 2.76. The lowest BCUT2D eigenvalue weighted by Gasteiger charge is -2.17. The first-order valence-corrected chi connectivity index (χ1v) is 10.0. The van der Waals surface area contributed by atoms with E-state index in [-0.39, 0.29) is 18.9 Å². The highest BCUT2D eigenvalue weighted by Crippen LogP contribution is 2.12. The van der Waals surface area contributed by atoms with E-state index in [1.54, 1.807) is 36.4 Å². The maximum Gasteiger partial charge on any atom is 0.325 e. The number of likely N-dealkylation sites (N-methyl/N-ethyl adjacent to an activating group) is 1. The van der Waals surface area contributed by atoms with Gasteiger partial charge in [-0.15, -0.1) is 0 Å². The molecule has 2 amide bonds. The number of nitrogens with one attached hydrogen (secondary N) is 1. The Kier molecular flexibility index (Phi) is 9.48. The molecule has 8 heteroatoms. The topological polar surface area (TPSA) is 84.9 Å². The van der Waals surface area contributed by atoms with E-state index < -0.39 is 24.4 Å². The fourth-order valence-electron chi connectivity index (χ4n) is 2.59. The van der Waals surface area contributed by atoms with Gasteiger partial charge in [-0.05, 0) is 48.4 Å². The molecule has 2 aromatic rings. The second-order valence-electron chi connectivity index (χ2n) is 6.95. The molecule has 0 atom stereocenters. The van der Waals surface area contributed by atoms with Gasteiger partial charge in [0.25, 0.3) is 11.8 Å². The molecule has 7 nitrogen and oxygen atoms in total. The number of esters is 1. The molecule has 0 spiro atoms. The minimum Gasteiger partial charge on any atom is -0.494 e. The highest BCUT2D eigenvalue weighted by Gasteiger charge is 2.14. The van der Waals surface area contributed by atoms with Crippen LogP contribution in [0, 0.1) is 5.82 Å². The summed E-state index contributed by atoms with van der Waals surface area (Å²) in [5.74, 6) is -1.33. The number of carbonyl (C=O) groups is 3. The van der Waals surface area contributed by atoms with Gasteiger partial charge in [-0.3, -0.25) is 14.4 Å². The van der Waals surface area contributed by atoms with Crippen molar-refractivity contribution >= 4 is 17.8 Å². The summed E-state index contributed by atoms with van der Waals surface area (Å²) in [5, 5.41) is 2.45. The van der Waals surface area contributed by atoms with Gasteiger partial charge >= 0.3 is 5.97 Å². The quantitative estimate of drug-likeness (QED) is 0.438. The lowest BCUT2D eigenvalue weighted by Crippen LogP contribution is -2.34. The summed E-state index contributed by atoms with van der Waals surface area (Å²) < 4.78 is 23.7. The Labute approximate surface area is 181 Å². The Bertz CT molecular complexity index is 886. The predicted molar refractivity (Wildman–Crippen MR) is 113 cm³/mol. The van der Waals surface area contributed by atoms with Crippen molar-refractivity contribution in [2.75, 3.05) is 26.8 Å². The Morgan fingerprint density at radius 3 is 2.52 bits per heavy atom. The van der Waals surface area contributed by atoms with Crippen LogP contribution in [0.3, 0.4) is 0 Å². The number of ether oxygens (including phenoxy) is 2. The minimum absolute atomic E-state index is 0.184. The number of rotatable bonds is 11. The van der Waals surface area contributed by atoms with Crippen LogP contribution < -0.4 is 10.1 Å². The molecule has 0 radical (unpaired) electrons. The summed E-state index contributed by atoms with van der Waals surface area (Å²) in [6, 6.07) is 12.5. The van der Waals surface area contributed by atoms with E-state index in [1.165, 1.54) is 24.1 Å². The number of hydrogen-bond donors (Lipinski definition) is 1. The maximum absolute atomic E-state index is 13.2. The number of hydrogen-bond acceptors (Lipinski definition) is 5. The molecule has 0 unspecified atom stereocenters. The van der Waals surface area contributed by atoms with Crippen molar-refractivity contribution in [1.29, 1.82) is 0 Å². The van der Waals surface area contributed by atoms with Crippen molar-refractivity contribution in [1.82, 2.24) is 10.2 Å². The lowest BCUT2D eigenvalue weighted by atomic mass is 10.2. The fraction of sp³-hybridized carbons (Fsp3) is 0.348. The molecule has 0 heterocycles. The first-order valence-electron chi connectivity index (χ1n) is 10.0. The Balaban J connectivity index is 1.70. The number of halogens is 1. The van der Waals surface area contributed by atoms with Crippen LogP contribution >= 0.6 is 0 Å². The molecule has 0 aliphatic rings. The molecule has 2 rings (SSSR count). The third kappa shape index (κ3) is 8.46. The first-order chi connectivity index (χ1) is 14.9. The van der Waals surface area contributed by atoms with Gasteiger partial charge in [0.2, 0.25) is 0 Å². The van der Waals surface area contributed by atoms with Crippen molar-refractivity contribution in [2.45, 2.75) is 26.3 Å². The standard InChI is InChI=1S/C23H27FN2O5/c1-3-4-12-30-20-10-8-18(9-11-20)23(29)25-14-22(28)31-16-21(27)26(2)15-17-6-5-7-19(24)13-17/h5-11,13H,3-4,12,14-16H2,1-2H3,(H,25,29). The lowest BCUT2D eigenvalue weighted by molar-refractivity contribution is -0.150. The molecule has 0 aromatic heterocycles. The molecule has 0 saturated heterocycles. The van der Waals surface area contributed by atoms with Crippen LogP contribution in [0.15, 0.2) is 48.5 Å². The molecule has 0 saturated carbocycles. The molecule has 0 aliphatic carbocycles. The molecule has 166 valence electrons. The van der Waals surface area contributed by atoms with Crippen LogP contribution in [0.4, 0.5) is 4.39 Å². The van der Waals surface area contributed by atoms with Crippen LogP contribution in [0.2, 0.25) is 0 Å². The van der Waals surface area contributed by atoms with E-state index in [0.717, 1.165) is 12.8 Å². The number of unbranched alkanes of at least 4 members (excludes halogenated alkanes) is 1. The van der Waals surface area contributed by atoms with Crippen molar-refractivity contribution in [3.63, 3.8) is 0 Å². The predicted octanol–water partition coefficient (Wildman–Crippen LogP) is 2.94. The molecule has 1 N–H and O–H groups in total. The summed E-state index contributed by atoms with van der Waals surface area (Å²) in [6.45, 7) is 2.04. The molecule has 0 fully saturated rings. The van der Waals surface area contributed by atoms with Gasteiger partial charge in [0, 0.05) is 19.2 Å². The number of benzene rings is 2. The summed E-state index contributed by atoms with van der Waals surface area (Å²) >= 11 is 0. The maximum atomic E-state index is 13.2. The Hall–Kier alpha value is -3.42. The van der Waals surface area contributed by atoms with Crippen LogP contribution in [0.25, 0.3) is 0 Å². The van der Waals surface area contributed by atoms with Crippen LogP contribution in [-0.4, -0.2) is 49.5 Å². The first kappa shape index (κ1) is 23.9. The largest absolute Gasteiger partial charge is 0.494 e. The Morgan fingerprint density at radius 2 is 1.84 bits per heavy atom. The van der Waals surface area contributed by atoms with Crippen molar-refractivity contribution in [2.24, 2.45) is 0 Å². The molecule has 2 aromatic carbocycles. The molecular weight excluding hydrogens is 403 g/mol. The average molecular weight is 430 g/mol. The van der Waals surface area contributed by atoms with Crippen LogP contribution in [-0.2, 0) is 20.9 Å². The molecule has 31 heavy (non-hydrogen) atoms. The smallest absolute Gasteiger partial charge is 0.325 e. The molecule has 0 aliphatic heterocycles. The summed E-state index contributed by atoms with van der Waals surface area (Å²) in [7, 11) is 1.53. The normalized spacial score (nSPS) is 10.3. The number of amides is 2. The minimum atomic E-state index is -0.736. The van der Waals surface area contributed by atoms with Gasteiger partial charge in [0.05, 0.1) is 6.61 Å². The van der Waals surface area contributed by atoms with Gasteiger partial charge in [-0.2, -0.15) is 0 Å². The third-order valence-electron chi connectivity index (χ3n) is 4.37. The second kappa shape index (κ2) is 12.3. The zero-order chi connectivity index (χ0) is 22.6. The van der Waals surface area contributed by atoms with E-state index in [0.29, 0.717) is 23.5 Å². The van der Waals surface area contributed by atoms with Gasteiger partial charge in [-0.1, -0.05) is 25.5 Å². The molecular formula is C23H27FN2O5. The zero-order valence-corrected chi connectivity index (χ0v) is 17.7. The van der Waals surface area contributed by atoms with Crippen molar-refractivity contribution in [3.8, 4) is 5.75 Å². The Morgan fingerprint density at radius 1 is 1.10 bits per heavy atom. The van der Waals surface area contributed by atoms with Crippen molar-refractivity contribution in [3.05, 3.63) is 65.5 Å². The zero-order valence-electron chi connectivity index (χ0n) is 17.7. The van der Waals surface area contributed by atoms with E-state index in [2.05, 4.69) is 12.2 Å². The number of carbonyl (C=O) groups excluding carboxylic acids is 3. The summed E-state index contributed by atoms with van der Waals surface area (Å²) in [6.07, 6.45) is 1.99. The fourth-order valence-corrected chi connectivity index (χ4v) is 2.59. The van der Waals surface area contributed by atoms with Crippen molar-refractivity contribution < 1.29 is 28.2 Å². The van der Waals surface area contributed by atoms with Crippen LogP contribution in [0.5, 0.6) is 5.75 Å². The monoisotopic (exact) mass is 430 g/mol. The van der Waals surface area contributed by atoms with E-state index in [1.807, 2.05) is 0 Å². The van der Waals surface area contributed by atoms with E-state index in [4.69, 9.17) is 9.47 Å². The highest BCUT2D eigenvalue weighted by atomic mass is 19.1. The summed E-state index contributed by atoms with van der Waals surface area (Å²) in [4.78, 5) is 37.4. The van der Waals surface area contributed by atoms with Gasteiger partial charge in [0.15, 0.2) is 6.61 Å². The third-order valence-corrected chi connectivity index (χ3v) is 4.37. The highest BCUT2D eigenvalue weighted by molar-refractivity contribution is 5.96. The van der Waals surface area contributed by atoms with Gasteiger partial charge in [-0.25, -0.2) is 4.39 Å². The second-order valence-corrected chi connectivity index (χ2v) is 6.95. The van der Waals surface area contributed by atoms with Gasteiger partial charge < -0.3 is 19.7 Å². The number of nitrogens with zero attached hydrogens (tertiary/aromatic N) is 1. The van der Waals surface area contributed by atoms with E-state index >= 15 is 0 Å². The molecule has 0 bridgehead atoms.